The van der Waals surface area contributed by atoms with Crippen LogP contribution in [-0.2, 0) is 4.79 Å². The Hall–Kier alpha value is -4.38. The molecule has 1 aromatic heterocycles. The molecule has 0 saturated carbocycles. The van der Waals surface area contributed by atoms with E-state index in [2.05, 4.69) is 33.8 Å². The summed E-state index contributed by atoms with van der Waals surface area (Å²) < 4.78 is 0. The maximum absolute atomic E-state index is 12.6. The van der Waals surface area contributed by atoms with Gasteiger partial charge in [0.2, 0.25) is 5.91 Å². The Morgan fingerprint density at radius 3 is 2.35 bits per heavy atom. The molecule has 0 fully saturated rings. The number of benzene rings is 4. The number of aromatic amines is 1. The molecule has 2 amide bonds. The van der Waals surface area contributed by atoms with Crippen molar-refractivity contribution in [3.63, 3.8) is 0 Å². The third kappa shape index (κ3) is 4.55. The summed E-state index contributed by atoms with van der Waals surface area (Å²) in [4.78, 5) is 28.5. The van der Waals surface area contributed by atoms with Crippen LogP contribution in [0.1, 0.15) is 27.4 Å². The number of rotatable bonds is 7. The maximum Gasteiger partial charge on any atom is 0.251 e. The normalized spacial score (nSPS) is 11.9. The zero-order chi connectivity index (χ0) is 23.3. The summed E-state index contributed by atoms with van der Waals surface area (Å²) in [6.45, 7) is 0.345. The first-order valence-electron chi connectivity index (χ1n) is 11.3. The summed E-state index contributed by atoms with van der Waals surface area (Å²) in [7, 11) is 0. The van der Waals surface area contributed by atoms with E-state index in [0.717, 1.165) is 32.8 Å². The molecule has 5 heteroatoms. The fourth-order valence-corrected chi connectivity index (χ4v) is 4.35. The average molecular weight is 448 g/mol. The number of hydrogen-bond donors (Lipinski definition) is 3. The topological polar surface area (TPSA) is 74.0 Å². The molecule has 4 aromatic carbocycles. The molecule has 168 valence electrons. The van der Waals surface area contributed by atoms with Crippen LogP contribution in [0.4, 0.5) is 0 Å². The van der Waals surface area contributed by atoms with Gasteiger partial charge in [-0.1, -0.05) is 78.9 Å². The van der Waals surface area contributed by atoms with E-state index in [9.17, 15) is 9.59 Å². The first kappa shape index (κ1) is 21.5. The lowest BCUT2D eigenvalue weighted by Crippen LogP contribution is -2.38. The van der Waals surface area contributed by atoms with Gasteiger partial charge in [0.1, 0.15) is 0 Å². The molecule has 1 heterocycles. The predicted octanol–water partition coefficient (Wildman–Crippen LogP) is 5.00. The van der Waals surface area contributed by atoms with Crippen molar-refractivity contribution in [1.82, 2.24) is 15.6 Å². The molecule has 0 radical (unpaired) electrons. The lowest BCUT2D eigenvalue weighted by molar-refractivity contribution is -0.120. The van der Waals surface area contributed by atoms with Crippen LogP contribution in [-0.4, -0.2) is 29.9 Å². The molecule has 0 aliphatic carbocycles. The number of amides is 2. The molecule has 5 nitrogen and oxygen atoms in total. The van der Waals surface area contributed by atoms with E-state index in [-0.39, 0.29) is 24.3 Å². The molecule has 3 N–H and O–H groups in total. The van der Waals surface area contributed by atoms with Gasteiger partial charge in [-0.05, 0) is 40.1 Å². The van der Waals surface area contributed by atoms with E-state index in [4.69, 9.17) is 0 Å². The van der Waals surface area contributed by atoms with E-state index >= 15 is 0 Å². The quantitative estimate of drug-likeness (QED) is 0.329. The molecular weight excluding hydrogens is 422 g/mol. The van der Waals surface area contributed by atoms with E-state index in [1.165, 1.54) is 0 Å². The molecule has 1 atom stereocenters. The maximum atomic E-state index is 12.6. The molecule has 0 saturated heterocycles. The van der Waals surface area contributed by atoms with Crippen molar-refractivity contribution in [2.45, 2.75) is 5.92 Å². The summed E-state index contributed by atoms with van der Waals surface area (Å²) in [5, 5.41) is 8.93. The van der Waals surface area contributed by atoms with Crippen LogP contribution in [0.3, 0.4) is 0 Å². The van der Waals surface area contributed by atoms with Crippen molar-refractivity contribution in [1.29, 1.82) is 0 Å². The van der Waals surface area contributed by atoms with Crippen molar-refractivity contribution < 1.29 is 9.59 Å². The smallest absolute Gasteiger partial charge is 0.251 e. The van der Waals surface area contributed by atoms with Crippen molar-refractivity contribution in [2.24, 2.45) is 0 Å². The molecule has 0 spiro atoms. The zero-order valence-corrected chi connectivity index (χ0v) is 18.6. The number of carbonyl (C=O) groups excluding carboxylic acids is 2. The second kappa shape index (κ2) is 9.63. The van der Waals surface area contributed by atoms with Gasteiger partial charge in [0.15, 0.2) is 0 Å². The fraction of sp³-hybridized carbons (Fsp3) is 0.103. The van der Waals surface area contributed by atoms with Crippen LogP contribution in [0.2, 0.25) is 0 Å². The minimum Gasteiger partial charge on any atom is -0.361 e. The Morgan fingerprint density at radius 1 is 0.765 bits per heavy atom. The van der Waals surface area contributed by atoms with Crippen LogP contribution >= 0.6 is 0 Å². The lowest BCUT2D eigenvalue weighted by atomic mass is 9.91. The molecule has 0 bridgehead atoms. The van der Waals surface area contributed by atoms with Crippen LogP contribution in [0.5, 0.6) is 0 Å². The molecular formula is C29H25N3O2. The van der Waals surface area contributed by atoms with Crippen LogP contribution in [0.25, 0.3) is 21.7 Å². The summed E-state index contributed by atoms with van der Waals surface area (Å²) in [5.74, 6) is -0.510. The largest absolute Gasteiger partial charge is 0.361 e. The van der Waals surface area contributed by atoms with Crippen molar-refractivity contribution >= 4 is 33.5 Å². The number of nitrogens with one attached hydrogen (secondary N) is 3. The van der Waals surface area contributed by atoms with Gasteiger partial charge in [-0.15, -0.1) is 0 Å². The van der Waals surface area contributed by atoms with E-state index in [1.54, 1.807) is 6.07 Å². The van der Waals surface area contributed by atoms with E-state index in [1.807, 2.05) is 79.0 Å². The standard InChI is InChI=1S/C29H25N3O2/c33-28(19-32-29(34)23-15-14-20-8-4-5-11-22(20)16-23)31-17-25(21-9-2-1-3-10-21)26-18-30-27-13-7-6-12-24(26)27/h1-16,18,25,30H,17,19H2,(H,31,33)(H,32,34). The van der Waals surface area contributed by atoms with Gasteiger partial charge >= 0.3 is 0 Å². The summed E-state index contributed by atoms with van der Waals surface area (Å²) in [6, 6.07) is 31.7. The van der Waals surface area contributed by atoms with Gasteiger partial charge in [-0.2, -0.15) is 0 Å². The van der Waals surface area contributed by atoms with Crippen LogP contribution in [0.15, 0.2) is 103 Å². The van der Waals surface area contributed by atoms with E-state index < -0.39 is 0 Å². The Morgan fingerprint density at radius 2 is 1.50 bits per heavy atom. The Kier molecular flexibility index (Phi) is 6.08. The Bertz CT molecular complexity index is 1460. The van der Waals surface area contributed by atoms with E-state index in [0.29, 0.717) is 12.1 Å². The monoisotopic (exact) mass is 447 g/mol. The molecule has 5 aromatic rings. The highest BCUT2D eigenvalue weighted by molar-refractivity contribution is 6.00. The van der Waals surface area contributed by atoms with Crippen molar-refractivity contribution in [3.8, 4) is 0 Å². The molecule has 34 heavy (non-hydrogen) atoms. The SMILES string of the molecule is O=C(CNC(=O)c1ccc2ccccc2c1)NCC(c1ccccc1)c1c[nH]c2ccccc12. The third-order valence-corrected chi connectivity index (χ3v) is 6.12. The van der Waals surface area contributed by atoms with Crippen LogP contribution in [0, 0.1) is 0 Å². The average Bonchev–Trinajstić information content (AvgIpc) is 3.32. The number of carbonyl (C=O) groups is 2. The van der Waals surface area contributed by atoms with Crippen molar-refractivity contribution in [3.05, 3.63) is 120 Å². The second-order valence-corrected chi connectivity index (χ2v) is 8.30. The lowest BCUT2D eigenvalue weighted by Gasteiger charge is -2.18. The highest BCUT2D eigenvalue weighted by Gasteiger charge is 2.19. The minimum absolute atomic E-state index is 0.0162. The first-order chi connectivity index (χ1) is 16.7. The Labute approximate surface area is 197 Å². The van der Waals surface area contributed by atoms with Gasteiger partial charge in [0.25, 0.3) is 5.91 Å². The summed E-state index contributed by atoms with van der Waals surface area (Å²) >= 11 is 0. The van der Waals surface area contributed by atoms with Crippen molar-refractivity contribution in [2.75, 3.05) is 13.1 Å². The minimum atomic E-state index is -0.267. The Balaban J connectivity index is 1.26. The van der Waals surface area contributed by atoms with Gasteiger partial charge in [0, 0.05) is 35.1 Å². The number of aromatic nitrogens is 1. The first-order valence-corrected chi connectivity index (χ1v) is 11.3. The number of fused-ring (bicyclic) bond motifs is 2. The van der Waals surface area contributed by atoms with Gasteiger partial charge in [0.05, 0.1) is 6.54 Å². The van der Waals surface area contributed by atoms with Crippen LogP contribution < -0.4 is 10.6 Å². The highest BCUT2D eigenvalue weighted by Crippen LogP contribution is 2.30. The molecule has 5 rings (SSSR count). The number of hydrogen-bond acceptors (Lipinski definition) is 2. The van der Waals surface area contributed by atoms with Gasteiger partial charge < -0.3 is 15.6 Å². The van der Waals surface area contributed by atoms with Gasteiger partial charge in [-0.3, -0.25) is 9.59 Å². The zero-order valence-electron chi connectivity index (χ0n) is 18.6. The highest BCUT2D eigenvalue weighted by atomic mass is 16.2. The summed E-state index contributed by atoms with van der Waals surface area (Å²) in [6.07, 6.45) is 2.01. The third-order valence-electron chi connectivity index (χ3n) is 6.12. The van der Waals surface area contributed by atoms with Gasteiger partial charge in [-0.25, -0.2) is 0 Å². The number of H-pyrrole nitrogens is 1. The predicted molar refractivity (Wildman–Crippen MR) is 136 cm³/mol. The molecule has 1 unspecified atom stereocenters. The molecule has 0 aliphatic rings. The fourth-order valence-electron chi connectivity index (χ4n) is 4.35. The molecule has 0 aliphatic heterocycles. The summed E-state index contributed by atoms with van der Waals surface area (Å²) in [5.41, 5.74) is 3.84. The number of para-hydroxylation sites is 1. The second-order valence-electron chi connectivity index (χ2n) is 8.30.